The van der Waals surface area contributed by atoms with Crippen molar-refractivity contribution in [2.24, 2.45) is 11.8 Å². The Kier molecular flexibility index (Phi) is 4.88. The highest BCUT2D eigenvalue weighted by atomic mass is 16.5. The van der Waals surface area contributed by atoms with Crippen LogP contribution in [0, 0.1) is 11.8 Å². The topological polar surface area (TPSA) is 46.6 Å². The smallest absolute Gasteiger partial charge is 0.228 e. The van der Waals surface area contributed by atoms with Crippen LogP contribution in [-0.4, -0.2) is 42.9 Å². The van der Waals surface area contributed by atoms with Crippen LogP contribution in [0.15, 0.2) is 30.3 Å². The molecule has 0 unspecified atom stereocenters. The summed E-state index contributed by atoms with van der Waals surface area (Å²) < 4.78 is 5.31. The Morgan fingerprint density at radius 1 is 1.14 bits per heavy atom. The van der Waals surface area contributed by atoms with E-state index in [4.69, 9.17) is 4.74 Å². The van der Waals surface area contributed by atoms with E-state index in [-0.39, 0.29) is 23.5 Å². The molecule has 2 atom stereocenters. The van der Waals surface area contributed by atoms with Crippen molar-refractivity contribution in [3.63, 3.8) is 0 Å². The Labute approximate surface area is 131 Å². The maximum atomic E-state index is 12.5. The molecule has 118 valence electrons. The first kappa shape index (κ1) is 15.2. The highest BCUT2D eigenvalue weighted by Crippen LogP contribution is 2.23. The monoisotopic (exact) mass is 301 g/mol. The number of carbonyl (C=O) groups is 2. The van der Waals surface area contributed by atoms with Crippen molar-refractivity contribution in [2.45, 2.75) is 25.7 Å². The van der Waals surface area contributed by atoms with Crippen molar-refractivity contribution in [3.05, 3.63) is 35.9 Å². The van der Waals surface area contributed by atoms with Crippen LogP contribution >= 0.6 is 0 Å². The minimum atomic E-state index is -0.0137. The van der Waals surface area contributed by atoms with Crippen LogP contribution in [-0.2, 0) is 20.7 Å². The van der Waals surface area contributed by atoms with Gasteiger partial charge in [-0.15, -0.1) is 0 Å². The third-order valence-corrected chi connectivity index (χ3v) is 4.69. The number of benzene rings is 1. The van der Waals surface area contributed by atoms with Crippen LogP contribution in [0.2, 0.25) is 0 Å². The fourth-order valence-corrected chi connectivity index (χ4v) is 3.37. The zero-order valence-corrected chi connectivity index (χ0v) is 12.9. The minimum absolute atomic E-state index is 0.00275. The number of ether oxygens (including phenoxy) is 1. The van der Waals surface area contributed by atoms with E-state index in [2.05, 4.69) is 0 Å². The Morgan fingerprint density at radius 3 is 2.68 bits per heavy atom. The van der Waals surface area contributed by atoms with E-state index in [0.717, 1.165) is 31.4 Å². The summed E-state index contributed by atoms with van der Waals surface area (Å²) in [4.78, 5) is 26.8. The van der Waals surface area contributed by atoms with Gasteiger partial charge < -0.3 is 9.64 Å². The fourth-order valence-electron chi connectivity index (χ4n) is 3.37. The summed E-state index contributed by atoms with van der Waals surface area (Å²) in [6.07, 6.45) is 3.11. The maximum Gasteiger partial charge on any atom is 0.228 e. The molecule has 2 aliphatic heterocycles. The zero-order chi connectivity index (χ0) is 15.4. The molecule has 0 spiro atoms. The van der Waals surface area contributed by atoms with Crippen molar-refractivity contribution in [3.8, 4) is 0 Å². The lowest BCUT2D eigenvalue weighted by Gasteiger charge is -2.33. The molecule has 4 heteroatoms. The number of nitrogens with zero attached hydrogens (tertiary/aromatic N) is 1. The number of rotatable bonds is 4. The number of hydrogen-bond acceptors (Lipinski definition) is 3. The molecule has 0 saturated carbocycles. The van der Waals surface area contributed by atoms with Crippen LogP contribution in [0.5, 0.6) is 0 Å². The lowest BCUT2D eigenvalue weighted by atomic mass is 9.89. The number of hydrogen-bond donors (Lipinski definition) is 0. The summed E-state index contributed by atoms with van der Waals surface area (Å²) >= 11 is 0. The van der Waals surface area contributed by atoms with E-state index in [1.54, 1.807) is 0 Å². The van der Waals surface area contributed by atoms with Gasteiger partial charge in [0.05, 0.1) is 12.5 Å². The van der Waals surface area contributed by atoms with Crippen LogP contribution < -0.4 is 0 Å². The number of carbonyl (C=O) groups excluding carboxylic acids is 2. The summed E-state index contributed by atoms with van der Waals surface area (Å²) in [7, 11) is 0. The third kappa shape index (κ3) is 3.55. The molecule has 1 aromatic carbocycles. The molecule has 0 aliphatic carbocycles. The van der Waals surface area contributed by atoms with Gasteiger partial charge in [-0.05, 0) is 24.8 Å². The number of likely N-dealkylation sites (tertiary alicyclic amines) is 1. The number of amides is 1. The van der Waals surface area contributed by atoms with Crippen molar-refractivity contribution >= 4 is 11.7 Å². The molecule has 0 N–H and O–H groups in total. The lowest BCUT2D eigenvalue weighted by molar-refractivity contribution is -0.138. The quantitative estimate of drug-likeness (QED) is 0.855. The van der Waals surface area contributed by atoms with Gasteiger partial charge in [-0.3, -0.25) is 9.59 Å². The van der Waals surface area contributed by atoms with Gasteiger partial charge in [-0.1, -0.05) is 30.3 Å². The average Bonchev–Trinajstić information content (AvgIpc) is 3.09. The van der Waals surface area contributed by atoms with Crippen molar-refractivity contribution in [1.82, 2.24) is 4.90 Å². The van der Waals surface area contributed by atoms with Gasteiger partial charge in [0.25, 0.3) is 0 Å². The van der Waals surface area contributed by atoms with Crippen LogP contribution in [0.1, 0.15) is 24.8 Å². The molecule has 2 saturated heterocycles. The molecule has 1 aromatic rings. The van der Waals surface area contributed by atoms with E-state index in [1.165, 1.54) is 0 Å². The number of Topliss-reactive ketones (excluding diaryl/α,β-unsaturated/α-hetero) is 1. The highest BCUT2D eigenvalue weighted by molar-refractivity contribution is 5.85. The van der Waals surface area contributed by atoms with Crippen molar-refractivity contribution in [2.75, 3.05) is 26.3 Å². The minimum Gasteiger partial charge on any atom is -0.381 e. The van der Waals surface area contributed by atoms with Gasteiger partial charge in [0.15, 0.2) is 0 Å². The van der Waals surface area contributed by atoms with E-state index >= 15 is 0 Å². The summed E-state index contributed by atoms with van der Waals surface area (Å²) in [5.41, 5.74) is 1.06. The largest absolute Gasteiger partial charge is 0.381 e. The summed E-state index contributed by atoms with van der Waals surface area (Å²) in [5.74, 6) is 0.421. The van der Waals surface area contributed by atoms with Crippen molar-refractivity contribution < 1.29 is 14.3 Å². The van der Waals surface area contributed by atoms with Crippen LogP contribution in [0.4, 0.5) is 0 Å². The summed E-state index contributed by atoms with van der Waals surface area (Å²) in [6.45, 7) is 2.59. The van der Waals surface area contributed by atoms with Gasteiger partial charge in [-0.2, -0.15) is 0 Å². The molecule has 22 heavy (non-hydrogen) atoms. The predicted molar refractivity (Wildman–Crippen MR) is 83.4 cm³/mol. The molecular weight excluding hydrogens is 278 g/mol. The first-order valence-corrected chi connectivity index (χ1v) is 8.17. The second-order valence-electron chi connectivity index (χ2n) is 6.31. The lowest BCUT2D eigenvalue weighted by Crippen LogP contribution is -2.45. The normalized spacial score (nSPS) is 25.2. The average molecular weight is 301 g/mol. The molecule has 1 amide bonds. The van der Waals surface area contributed by atoms with Crippen LogP contribution in [0.25, 0.3) is 0 Å². The molecular formula is C18H23NO3. The number of ketones is 1. The first-order valence-electron chi connectivity index (χ1n) is 8.17. The molecule has 4 nitrogen and oxygen atoms in total. The van der Waals surface area contributed by atoms with Gasteiger partial charge >= 0.3 is 0 Å². The summed E-state index contributed by atoms with van der Waals surface area (Å²) in [6, 6.07) is 9.84. The Balaban J connectivity index is 1.57. The first-order chi connectivity index (χ1) is 10.7. The second kappa shape index (κ2) is 7.05. The standard InChI is InChI=1S/C18H23NO3/c20-17(11-14-5-2-1-3-6-14)15-7-4-9-19(12-15)18(21)16-8-10-22-13-16/h1-3,5-6,15-16H,4,7-13H2/t15-,16+/m0/s1. The van der Waals surface area contributed by atoms with Gasteiger partial charge in [0, 0.05) is 32.0 Å². The Hall–Kier alpha value is -1.68. The van der Waals surface area contributed by atoms with Gasteiger partial charge in [0.2, 0.25) is 5.91 Å². The van der Waals surface area contributed by atoms with Gasteiger partial charge in [-0.25, -0.2) is 0 Å². The fraction of sp³-hybridized carbons (Fsp3) is 0.556. The predicted octanol–water partition coefficient (Wildman–Crippen LogP) is 2.07. The van der Waals surface area contributed by atoms with E-state index < -0.39 is 0 Å². The van der Waals surface area contributed by atoms with Gasteiger partial charge in [0.1, 0.15) is 5.78 Å². The molecule has 2 fully saturated rings. The Morgan fingerprint density at radius 2 is 1.95 bits per heavy atom. The van der Waals surface area contributed by atoms with E-state index in [1.807, 2.05) is 35.2 Å². The second-order valence-corrected chi connectivity index (χ2v) is 6.31. The third-order valence-electron chi connectivity index (χ3n) is 4.69. The molecule has 3 rings (SSSR count). The molecule has 2 aliphatic rings. The SMILES string of the molecule is O=C(Cc1ccccc1)[C@H]1CCCN(C(=O)[C@@H]2CCOC2)C1. The Bertz CT molecular complexity index is 522. The van der Waals surface area contributed by atoms with E-state index in [9.17, 15) is 9.59 Å². The molecule has 2 heterocycles. The molecule has 0 radical (unpaired) electrons. The maximum absolute atomic E-state index is 12.5. The molecule has 0 bridgehead atoms. The molecule has 0 aromatic heterocycles. The van der Waals surface area contributed by atoms with Crippen LogP contribution in [0.3, 0.4) is 0 Å². The van der Waals surface area contributed by atoms with Crippen molar-refractivity contribution in [1.29, 1.82) is 0 Å². The van der Waals surface area contributed by atoms with E-state index in [0.29, 0.717) is 26.2 Å². The zero-order valence-electron chi connectivity index (χ0n) is 12.9. The number of piperidine rings is 1. The summed E-state index contributed by atoms with van der Waals surface area (Å²) in [5, 5.41) is 0. The highest BCUT2D eigenvalue weighted by Gasteiger charge is 2.33.